The maximum Gasteiger partial charge on any atom is 0.220 e. The molecule has 1 aliphatic carbocycles. The lowest BCUT2D eigenvalue weighted by Gasteiger charge is -2.38. The third kappa shape index (κ3) is 4.42. The molecule has 1 aromatic carbocycles. The smallest absolute Gasteiger partial charge is 0.220 e. The topological polar surface area (TPSA) is 67.2 Å². The van der Waals surface area contributed by atoms with Crippen molar-refractivity contribution in [1.82, 2.24) is 15.1 Å². The Labute approximate surface area is 144 Å². The molecule has 1 saturated carbocycles. The standard InChI is InChI=1S/C18H21F2N3O2/c19-13-4-5-15(16(20)11-13)18(12-9-14(24)10-12)22-17(25)3-1-7-23-8-2-6-21-23/h2,4-6,8,11-12,14,18,24H,1,3,7,9-10H2,(H,22,25)/t12?,14?,18-/m1/s1. The van der Waals surface area contributed by atoms with Gasteiger partial charge in [0, 0.05) is 37.0 Å². The van der Waals surface area contributed by atoms with Crippen molar-refractivity contribution < 1.29 is 18.7 Å². The van der Waals surface area contributed by atoms with Crippen molar-refractivity contribution in [3.05, 3.63) is 53.9 Å². The van der Waals surface area contributed by atoms with E-state index in [0.717, 1.165) is 6.07 Å². The number of carbonyl (C=O) groups is 1. The van der Waals surface area contributed by atoms with Gasteiger partial charge in [-0.15, -0.1) is 0 Å². The van der Waals surface area contributed by atoms with Crippen LogP contribution in [0.1, 0.15) is 37.3 Å². The Hall–Kier alpha value is -2.28. The number of amides is 1. The predicted molar refractivity (Wildman–Crippen MR) is 87.4 cm³/mol. The van der Waals surface area contributed by atoms with Crippen molar-refractivity contribution >= 4 is 5.91 Å². The van der Waals surface area contributed by atoms with E-state index in [0.29, 0.717) is 25.8 Å². The van der Waals surface area contributed by atoms with Crippen molar-refractivity contribution in [3.63, 3.8) is 0 Å². The van der Waals surface area contributed by atoms with Crippen LogP contribution in [-0.2, 0) is 11.3 Å². The van der Waals surface area contributed by atoms with Gasteiger partial charge in [-0.1, -0.05) is 6.07 Å². The Morgan fingerprint density at radius 2 is 2.20 bits per heavy atom. The molecular formula is C18H21F2N3O2. The SMILES string of the molecule is O=C(CCCn1cccn1)N[C@@H](c1ccc(F)cc1F)C1CC(O)C1. The number of aliphatic hydroxyl groups is 1. The fourth-order valence-corrected chi connectivity index (χ4v) is 3.19. The lowest BCUT2D eigenvalue weighted by molar-refractivity contribution is -0.123. The van der Waals surface area contributed by atoms with Crippen molar-refractivity contribution in [1.29, 1.82) is 0 Å². The van der Waals surface area contributed by atoms with E-state index >= 15 is 0 Å². The summed E-state index contributed by atoms with van der Waals surface area (Å²) in [7, 11) is 0. The zero-order chi connectivity index (χ0) is 17.8. The number of hydrogen-bond acceptors (Lipinski definition) is 3. The summed E-state index contributed by atoms with van der Waals surface area (Å²) in [5.74, 6) is -1.57. The third-order valence-corrected chi connectivity index (χ3v) is 4.59. The number of aryl methyl sites for hydroxylation is 1. The number of nitrogens with zero attached hydrogens (tertiary/aromatic N) is 2. The lowest BCUT2D eigenvalue weighted by atomic mass is 9.75. The number of aliphatic hydroxyl groups excluding tert-OH is 1. The highest BCUT2D eigenvalue weighted by molar-refractivity contribution is 5.76. The summed E-state index contributed by atoms with van der Waals surface area (Å²) in [5, 5.41) is 16.5. The van der Waals surface area contributed by atoms with Gasteiger partial charge in [-0.3, -0.25) is 9.48 Å². The fourth-order valence-electron chi connectivity index (χ4n) is 3.19. The zero-order valence-corrected chi connectivity index (χ0v) is 13.7. The predicted octanol–water partition coefficient (Wildman–Crippen LogP) is 2.57. The summed E-state index contributed by atoms with van der Waals surface area (Å²) >= 11 is 0. The van der Waals surface area contributed by atoms with Crippen LogP contribution < -0.4 is 5.32 Å². The highest BCUT2D eigenvalue weighted by atomic mass is 19.1. The van der Waals surface area contributed by atoms with Crippen molar-refractivity contribution in [2.24, 2.45) is 5.92 Å². The molecule has 1 aliphatic rings. The number of carbonyl (C=O) groups excluding carboxylic acids is 1. The van der Waals surface area contributed by atoms with Crippen LogP contribution in [0.3, 0.4) is 0 Å². The molecule has 2 aromatic rings. The van der Waals surface area contributed by atoms with Gasteiger partial charge in [0.05, 0.1) is 12.1 Å². The number of halogens is 2. The van der Waals surface area contributed by atoms with Gasteiger partial charge in [0.25, 0.3) is 0 Å². The molecule has 0 unspecified atom stereocenters. The molecule has 5 nitrogen and oxygen atoms in total. The van der Waals surface area contributed by atoms with Gasteiger partial charge in [0.2, 0.25) is 5.91 Å². The molecule has 7 heteroatoms. The number of aromatic nitrogens is 2. The molecule has 0 bridgehead atoms. The monoisotopic (exact) mass is 349 g/mol. The second kappa shape index (κ2) is 7.74. The van der Waals surface area contributed by atoms with Gasteiger partial charge < -0.3 is 10.4 Å². The van der Waals surface area contributed by atoms with E-state index in [1.165, 1.54) is 12.1 Å². The summed E-state index contributed by atoms with van der Waals surface area (Å²) in [5.41, 5.74) is 0.263. The van der Waals surface area contributed by atoms with E-state index in [1.807, 2.05) is 12.3 Å². The Balaban J connectivity index is 1.62. The van der Waals surface area contributed by atoms with Crippen LogP contribution in [0.5, 0.6) is 0 Å². The van der Waals surface area contributed by atoms with E-state index in [9.17, 15) is 18.7 Å². The average molecular weight is 349 g/mol. The summed E-state index contributed by atoms with van der Waals surface area (Å²) in [6.45, 7) is 0.623. The minimum atomic E-state index is -0.678. The number of hydrogen-bond donors (Lipinski definition) is 2. The van der Waals surface area contributed by atoms with Crippen LogP contribution in [-0.4, -0.2) is 26.9 Å². The molecule has 0 aliphatic heterocycles. The molecule has 134 valence electrons. The highest BCUT2D eigenvalue weighted by Crippen LogP contribution is 2.39. The molecule has 0 radical (unpaired) electrons. The molecule has 0 saturated heterocycles. The highest BCUT2D eigenvalue weighted by Gasteiger charge is 2.36. The van der Waals surface area contributed by atoms with Gasteiger partial charge in [-0.05, 0) is 37.3 Å². The van der Waals surface area contributed by atoms with Gasteiger partial charge in [-0.25, -0.2) is 8.78 Å². The zero-order valence-electron chi connectivity index (χ0n) is 13.7. The Morgan fingerprint density at radius 1 is 1.40 bits per heavy atom. The summed E-state index contributed by atoms with van der Waals surface area (Å²) in [4.78, 5) is 12.3. The van der Waals surface area contributed by atoms with Crippen LogP contribution in [0.25, 0.3) is 0 Å². The van der Waals surface area contributed by atoms with Crippen molar-refractivity contribution in [2.75, 3.05) is 0 Å². The van der Waals surface area contributed by atoms with E-state index in [-0.39, 0.29) is 23.8 Å². The fraction of sp³-hybridized carbons (Fsp3) is 0.444. The first-order chi connectivity index (χ1) is 12.0. The second-order valence-corrected chi connectivity index (χ2v) is 6.47. The van der Waals surface area contributed by atoms with Gasteiger partial charge in [0.1, 0.15) is 11.6 Å². The molecular weight excluding hydrogens is 328 g/mol. The maximum absolute atomic E-state index is 14.1. The molecule has 1 amide bonds. The first kappa shape index (κ1) is 17.5. The van der Waals surface area contributed by atoms with E-state index in [2.05, 4.69) is 10.4 Å². The summed E-state index contributed by atoms with van der Waals surface area (Å²) < 4.78 is 29.0. The number of nitrogens with one attached hydrogen (secondary N) is 1. The molecule has 1 heterocycles. The minimum Gasteiger partial charge on any atom is -0.393 e. The van der Waals surface area contributed by atoms with E-state index in [4.69, 9.17) is 0 Å². The largest absolute Gasteiger partial charge is 0.393 e. The Bertz CT molecular complexity index is 715. The minimum absolute atomic E-state index is 0.0509. The molecule has 1 atom stereocenters. The summed E-state index contributed by atoms with van der Waals surface area (Å²) in [6.07, 6.45) is 4.96. The van der Waals surface area contributed by atoms with Crippen LogP contribution >= 0.6 is 0 Å². The molecule has 3 rings (SSSR count). The Morgan fingerprint density at radius 3 is 2.84 bits per heavy atom. The van der Waals surface area contributed by atoms with Gasteiger partial charge in [-0.2, -0.15) is 5.10 Å². The molecule has 25 heavy (non-hydrogen) atoms. The van der Waals surface area contributed by atoms with Crippen LogP contribution in [0.2, 0.25) is 0 Å². The first-order valence-corrected chi connectivity index (χ1v) is 8.42. The molecule has 2 N–H and O–H groups in total. The van der Waals surface area contributed by atoms with E-state index < -0.39 is 23.8 Å². The molecule has 0 spiro atoms. The molecule has 1 fully saturated rings. The van der Waals surface area contributed by atoms with Gasteiger partial charge in [0.15, 0.2) is 0 Å². The normalized spacial score (nSPS) is 20.8. The van der Waals surface area contributed by atoms with Crippen LogP contribution in [0.15, 0.2) is 36.7 Å². The molecule has 1 aromatic heterocycles. The quantitative estimate of drug-likeness (QED) is 0.807. The van der Waals surface area contributed by atoms with Crippen molar-refractivity contribution in [3.8, 4) is 0 Å². The second-order valence-electron chi connectivity index (χ2n) is 6.47. The van der Waals surface area contributed by atoms with Gasteiger partial charge >= 0.3 is 0 Å². The number of rotatable bonds is 7. The number of benzene rings is 1. The summed E-state index contributed by atoms with van der Waals surface area (Å²) in [6, 6.07) is 4.63. The lowest BCUT2D eigenvalue weighted by Crippen LogP contribution is -2.41. The maximum atomic E-state index is 14.1. The third-order valence-electron chi connectivity index (χ3n) is 4.59. The van der Waals surface area contributed by atoms with E-state index in [1.54, 1.807) is 10.9 Å². The first-order valence-electron chi connectivity index (χ1n) is 8.42. The van der Waals surface area contributed by atoms with Crippen LogP contribution in [0.4, 0.5) is 8.78 Å². The van der Waals surface area contributed by atoms with Crippen molar-refractivity contribution in [2.45, 2.75) is 44.4 Å². The Kier molecular flexibility index (Phi) is 5.43. The average Bonchev–Trinajstić information content (AvgIpc) is 3.04. The van der Waals surface area contributed by atoms with Crippen LogP contribution in [0, 0.1) is 17.6 Å².